The van der Waals surface area contributed by atoms with Crippen molar-refractivity contribution in [2.45, 2.75) is 19.4 Å². The average molecular weight is 324 g/mol. The summed E-state index contributed by atoms with van der Waals surface area (Å²) >= 11 is 1.58. The lowest BCUT2D eigenvalue weighted by Gasteiger charge is -2.16. The minimum atomic E-state index is -0.701. The second-order valence-corrected chi connectivity index (χ2v) is 5.58. The number of ether oxygens (including phenoxy) is 1. The molecule has 0 saturated carbocycles. The van der Waals surface area contributed by atoms with Gasteiger partial charge in [0.2, 0.25) is 0 Å². The van der Waals surface area contributed by atoms with Gasteiger partial charge in [0.15, 0.2) is 5.78 Å². The number of rotatable bonds is 7. The first-order valence-corrected chi connectivity index (χ1v) is 8.12. The molecule has 0 heterocycles. The maximum Gasteiger partial charge on any atom is 0.328 e. The summed E-state index contributed by atoms with van der Waals surface area (Å²) in [6, 6.07) is 5.38. The normalized spacial score (nSPS) is 11.4. The van der Waals surface area contributed by atoms with Gasteiger partial charge in [0.05, 0.1) is 7.11 Å². The Hall–Kier alpha value is -2.02. The molecule has 0 aliphatic rings. The van der Waals surface area contributed by atoms with Crippen LogP contribution in [0.1, 0.15) is 23.7 Å². The Labute approximate surface area is 134 Å². The fraction of sp³-hybridized carbons (Fsp3) is 0.400. The molecule has 0 aliphatic carbocycles. The van der Waals surface area contributed by atoms with E-state index in [2.05, 4.69) is 15.4 Å². The van der Waals surface area contributed by atoms with E-state index >= 15 is 0 Å². The lowest BCUT2D eigenvalue weighted by atomic mass is 10.1. The fourth-order valence-corrected chi connectivity index (χ4v) is 2.24. The molecule has 0 aromatic heterocycles. The Bertz CT molecular complexity index is 548. The monoisotopic (exact) mass is 324 g/mol. The molecule has 1 rings (SSSR count). The van der Waals surface area contributed by atoms with Crippen LogP contribution in [0.4, 0.5) is 10.5 Å². The predicted molar refractivity (Wildman–Crippen MR) is 87.4 cm³/mol. The summed E-state index contributed by atoms with van der Waals surface area (Å²) in [5.74, 6) is 0.151. The van der Waals surface area contributed by atoms with Crippen LogP contribution in [0.15, 0.2) is 24.3 Å². The Kier molecular flexibility index (Phi) is 7.45. The van der Waals surface area contributed by atoms with Gasteiger partial charge in [-0.2, -0.15) is 11.8 Å². The van der Waals surface area contributed by atoms with Gasteiger partial charge < -0.3 is 15.4 Å². The highest BCUT2D eigenvalue weighted by atomic mass is 32.2. The number of carbonyl (C=O) groups excluding carboxylic acids is 3. The number of Topliss-reactive ketones (excluding diaryl/α,β-unsaturated/α-hetero) is 1. The van der Waals surface area contributed by atoms with Crippen LogP contribution in [0.25, 0.3) is 0 Å². The first-order valence-electron chi connectivity index (χ1n) is 6.73. The van der Waals surface area contributed by atoms with Crippen LogP contribution in [0, 0.1) is 0 Å². The van der Waals surface area contributed by atoms with Crippen molar-refractivity contribution >= 4 is 35.2 Å². The third-order valence-electron chi connectivity index (χ3n) is 2.93. The first-order chi connectivity index (χ1) is 10.5. The van der Waals surface area contributed by atoms with Gasteiger partial charge >= 0.3 is 12.0 Å². The van der Waals surface area contributed by atoms with E-state index in [-0.39, 0.29) is 5.78 Å². The van der Waals surface area contributed by atoms with Gasteiger partial charge in [-0.25, -0.2) is 9.59 Å². The molecule has 1 aromatic carbocycles. The van der Waals surface area contributed by atoms with E-state index in [4.69, 9.17) is 0 Å². The fourth-order valence-electron chi connectivity index (χ4n) is 1.77. The summed E-state index contributed by atoms with van der Waals surface area (Å²) in [4.78, 5) is 34.9. The van der Waals surface area contributed by atoms with E-state index in [9.17, 15) is 14.4 Å². The van der Waals surface area contributed by atoms with Crippen LogP contribution in [0.2, 0.25) is 0 Å². The molecular weight excluding hydrogens is 304 g/mol. The first kappa shape index (κ1) is 18.0. The molecule has 1 atom stereocenters. The highest BCUT2D eigenvalue weighted by Gasteiger charge is 2.21. The highest BCUT2D eigenvalue weighted by Crippen LogP contribution is 2.11. The number of carbonyl (C=O) groups is 3. The minimum absolute atomic E-state index is 0.0866. The van der Waals surface area contributed by atoms with E-state index in [0.717, 1.165) is 5.75 Å². The topological polar surface area (TPSA) is 84.5 Å². The average Bonchev–Trinajstić information content (AvgIpc) is 2.50. The molecule has 0 bridgehead atoms. The van der Waals surface area contributed by atoms with Gasteiger partial charge in [0.1, 0.15) is 6.04 Å². The number of thioether (sulfide) groups is 1. The van der Waals surface area contributed by atoms with Gasteiger partial charge in [-0.1, -0.05) is 12.1 Å². The molecule has 1 unspecified atom stereocenters. The van der Waals surface area contributed by atoms with E-state index in [1.54, 1.807) is 36.0 Å². The maximum absolute atomic E-state index is 12.0. The second-order valence-electron chi connectivity index (χ2n) is 4.59. The molecule has 6 nitrogen and oxygen atoms in total. The summed E-state index contributed by atoms with van der Waals surface area (Å²) in [7, 11) is 1.28. The van der Waals surface area contributed by atoms with Crippen molar-refractivity contribution in [2.24, 2.45) is 0 Å². The predicted octanol–water partition coefficient (Wildman–Crippen LogP) is 2.31. The largest absolute Gasteiger partial charge is 0.467 e. The van der Waals surface area contributed by atoms with Crippen molar-refractivity contribution in [1.82, 2.24) is 5.32 Å². The van der Waals surface area contributed by atoms with Gasteiger partial charge in [-0.15, -0.1) is 0 Å². The molecule has 22 heavy (non-hydrogen) atoms. The summed E-state index contributed by atoms with van der Waals surface area (Å²) in [5.41, 5.74) is 0.989. The number of amides is 2. The van der Waals surface area contributed by atoms with Gasteiger partial charge in [-0.05, 0) is 37.5 Å². The standard InChI is InChI=1S/C15H20N2O4S/c1-10(18)11-5-4-6-12(9-11)16-15(20)17-13(7-8-22-3)14(19)21-2/h4-6,9,13H,7-8H2,1-3H3,(H2,16,17,20). The Morgan fingerprint density at radius 2 is 2.05 bits per heavy atom. The SMILES string of the molecule is COC(=O)C(CCSC)NC(=O)Nc1cccc(C(C)=O)c1. The molecule has 0 fully saturated rings. The highest BCUT2D eigenvalue weighted by molar-refractivity contribution is 7.98. The number of esters is 1. The lowest BCUT2D eigenvalue weighted by Crippen LogP contribution is -2.44. The molecule has 1 aromatic rings. The zero-order chi connectivity index (χ0) is 16.5. The zero-order valence-corrected chi connectivity index (χ0v) is 13.7. The van der Waals surface area contributed by atoms with Gasteiger partial charge in [0.25, 0.3) is 0 Å². The molecule has 2 amide bonds. The van der Waals surface area contributed by atoms with Crippen molar-refractivity contribution in [3.63, 3.8) is 0 Å². The van der Waals surface area contributed by atoms with Crippen molar-refractivity contribution in [1.29, 1.82) is 0 Å². The van der Waals surface area contributed by atoms with Crippen molar-refractivity contribution in [3.05, 3.63) is 29.8 Å². The third-order valence-corrected chi connectivity index (χ3v) is 3.57. The van der Waals surface area contributed by atoms with Crippen molar-refractivity contribution < 1.29 is 19.1 Å². The van der Waals surface area contributed by atoms with E-state index in [1.807, 2.05) is 6.26 Å². The molecule has 0 aliphatic heterocycles. The van der Waals surface area contributed by atoms with Crippen LogP contribution in [0.5, 0.6) is 0 Å². The third kappa shape index (κ3) is 5.77. The number of anilines is 1. The number of methoxy groups -OCH3 is 1. The van der Waals surface area contributed by atoms with E-state index in [1.165, 1.54) is 14.0 Å². The quantitative estimate of drug-likeness (QED) is 0.594. The van der Waals surface area contributed by atoms with Crippen LogP contribution in [-0.4, -0.2) is 42.9 Å². The van der Waals surface area contributed by atoms with Crippen LogP contribution >= 0.6 is 11.8 Å². The molecule has 0 radical (unpaired) electrons. The number of benzene rings is 1. The number of nitrogens with one attached hydrogen (secondary N) is 2. The number of hydrogen-bond donors (Lipinski definition) is 2. The zero-order valence-electron chi connectivity index (χ0n) is 12.8. The van der Waals surface area contributed by atoms with Gasteiger partial charge in [-0.3, -0.25) is 4.79 Å². The smallest absolute Gasteiger partial charge is 0.328 e. The minimum Gasteiger partial charge on any atom is -0.467 e. The lowest BCUT2D eigenvalue weighted by molar-refractivity contribution is -0.142. The molecule has 2 N–H and O–H groups in total. The Morgan fingerprint density at radius 3 is 2.64 bits per heavy atom. The number of urea groups is 1. The van der Waals surface area contributed by atoms with Crippen LogP contribution in [0.3, 0.4) is 0 Å². The summed E-state index contributed by atoms with van der Waals surface area (Å²) in [5, 5.41) is 5.18. The molecule has 120 valence electrons. The summed E-state index contributed by atoms with van der Waals surface area (Å²) < 4.78 is 4.68. The molecule has 0 saturated heterocycles. The van der Waals surface area contributed by atoms with Gasteiger partial charge in [0, 0.05) is 11.3 Å². The van der Waals surface area contributed by atoms with Crippen molar-refractivity contribution in [3.8, 4) is 0 Å². The second kappa shape index (κ2) is 9.09. The van der Waals surface area contributed by atoms with Crippen molar-refractivity contribution in [2.75, 3.05) is 24.4 Å². The summed E-state index contributed by atoms with van der Waals surface area (Å²) in [6.07, 6.45) is 2.40. The van der Waals surface area contributed by atoms with Crippen LogP contribution in [-0.2, 0) is 9.53 Å². The number of hydrogen-bond acceptors (Lipinski definition) is 5. The van der Waals surface area contributed by atoms with E-state index < -0.39 is 18.0 Å². The van der Waals surface area contributed by atoms with E-state index in [0.29, 0.717) is 17.7 Å². The molecule has 7 heteroatoms. The molecule has 0 spiro atoms. The Balaban J connectivity index is 2.68. The molecular formula is C15H20N2O4S. The number of ketones is 1. The maximum atomic E-state index is 12.0. The Morgan fingerprint density at radius 1 is 1.32 bits per heavy atom. The summed E-state index contributed by atoms with van der Waals surface area (Å²) in [6.45, 7) is 1.45. The van der Waals surface area contributed by atoms with Crippen LogP contribution < -0.4 is 10.6 Å².